The summed E-state index contributed by atoms with van der Waals surface area (Å²) >= 11 is 0. The van der Waals surface area contributed by atoms with Crippen molar-refractivity contribution < 1.29 is 4.79 Å². The number of nitrogens with zero attached hydrogens (tertiary/aromatic N) is 5. The van der Waals surface area contributed by atoms with E-state index in [-0.39, 0.29) is 5.91 Å². The van der Waals surface area contributed by atoms with E-state index in [2.05, 4.69) is 56.6 Å². The fourth-order valence-electron chi connectivity index (χ4n) is 3.26. The minimum Gasteiger partial charge on any atom is -0.334 e. The van der Waals surface area contributed by atoms with Gasteiger partial charge in [0.2, 0.25) is 5.65 Å². The van der Waals surface area contributed by atoms with Crippen LogP contribution in [0.4, 0.5) is 0 Å². The van der Waals surface area contributed by atoms with Gasteiger partial charge in [-0.2, -0.15) is 10.3 Å². The second-order valence-corrected chi connectivity index (χ2v) is 6.44. The zero-order chi connectivity index (χ0) is 17.2. The SMILES string of the molecule is CN1CCN(C(=O)c2ccc3n[nH]nc3n2)C[C@H]1Cc1ccccc1. The number of aromatic amines is 1. The van der Waals surface area contributed by atoms with Gasteiger partial charge in [0.15, 0.2) is 0 Å². The molecule has 1 amide bonds. The molecule has 128 valence electrons. The Kier molecular flexibility index (Phi) is 4.15. The lowest BCUT2D eigenvalue weighted by Gasteiger charge is -2.39. The molecule has 1 aliphatic rings. The molecule has 1 atom stereocenters. The highest BCUT2D eigenvalue weighted by molar-refractivity contribution is 5.94. The number of H-pyrrole nitrogens is 1. The van der Waals surface area contributed by atoms with Crippen molar-refractivity contribution in [2.75, 3.05) is 26.7 Å². The number of amides is 1. The summed E-state index contributed by atoms with van der Waals surface area (Å²) in [6.07, 6.45) is 0.927. The second kappa shape index (κ2) is 6.60. The molecule has 2 aromatic heterocycles. The maximum atomic E-state index is 12.9. The van der Waals surface area contributed by atoms with Gasteiger partial charge in [-0.25, -0.2) is 4.98 Å². The third kappa shape index (κ3) is 3.23. The highest BCUT2D eigenvalue weighted by Crippen LogP contribution is 2.16. The molecule has 3 heterocycles. The summed E-state index contributed by atoms with van der Waals surface area (Å²) in [7, 11) is 2.12. The highest BCUT2D eigenvalue weighted by atomic mass is 16.2. The minimum atomic E-state index is -0.0453. The van der Waals surface area contributed by atoms with E-state index in [1.807, 2.05) is 11.0 Å². The van der Waals surface area contributed by atoms with E-state index in [0.29, 0.717) is 36.0 Å². The van der Waals surface area contributed by atoms with E-state index in [0.717, 1.165) is 13.0 Å². The topological polar surface area (TPSA) is 78.0 Å². The minimum absolute atomic E-state index is 0.0453. The largest absolute Gasteiger partial charge is 0.334 e. The molecule has 25 heavy (non-hydrogen) atoms. The Bertz CT molecular complexity index is 877. The molecular weight excluding hydrogens is 316 g/mol. The number of pyridine rings is 1. The van der Waals surface area contributed by atoms with E-state index >= 15 is 0 Å². The lowest BCUT2D eigenvalue weighted by molar-refractivity contribution is 0.0542. The van der Waals surface area contributed by atoms with Crippen LogP contribution in [0.1, 0.15) is 16.1 Å². The van der Waals surface area contributed by atoms with Crippen LogP contribution < -0.4 is 0 Å². The molecule has 1 aliphatic heterocycles. The number of fused-ring (bicyclic) bond motifs is 1. The van der Waals surface area contributed by atoms with Crippen molar-refractivity contribution in [1.82, 2.24) is 30.2 Å². The van der Waals surface area contributed by atoms with Gasteiger partial charge in [0, 0.05) is 25.7 Å². The quantitative estimate of drug-likeness (QED) is 0.781. The average molecular weight is 336 g/mol. The maximum absolute atomic E-state index is 12.9. The van der Waals surface area contributed by atoms with Gasteiger partial charge in [0.05, 0.1) is 0 Å². The molecule has 0 aliphatic carbocycles. The summed E-state index contributed by atoms with van der Waals surface area (Å²) in [5.41, 5.74) is 2.85. The smallest absolute Gasteiger partial charge is 0.272 e. The monoisotopic (exact) mass is 336 g/mol. The number of hydrogen-bond donors (Lipinski definition) is 1. The first-order chi connectivity index (χ1) is 12.2. The first-order valence-corrected chi connectivity index (χ1v) is 8.41. The van der Waals surface area contributed by atoms with Gasteiger partial charge in [-0.05, 0) is 31.2 Å². The number of rotatable bonds is 3. The van der Waals surface area contributed by atoms with Gasteiger partial charge in [0.1, 0.15) is 11.2 Å². The normalized spacial score (nSPS) is 18.6. The number of carbonyl (C=O) groups is 1. The maximum Gasteiger partial charge on any atom is 0.272 e. The first kappa shape index (κ1) is 15.7. The van der Waals surface area contributed by atoms with E-state index in [1.165, 1.54) is 5.56 Å². The van der Waals surface area contributed by atoms with E-state index in [1.54, 1.807) is 12.1 Å². The van der Waals surface area contributed by atoms with Gasteiger partial charge < -0.3 is 4.90 Å². The third-order valence-corrected chi connectivity index (χ3v) is 4.78. The Morgan fingerprint density at radius 3 is 2.84 bits per heavy atom. The molecule has 1 saturated heterocycles. The Balaban J connectivity index is 1.50. The fraction of sp³-hybridized carbons (Fsp3) is 0.333. The second-order valence-electron chi connectivity index (χ2n) is 6.44. The molecule has 0 saturated carbocycles. The molecule has 4 rings (SSSR count). The van der Waals surface area contributed by atoms with Crippen LogP contribution >= 0.6 is 0 Å². The molecule has 1 N–H and O–H groups in total. The Labute approximate surface area is 145 Å². The Morgan fingerprint density at radius 2 is 2.00 bits per heavy atom. The summed E-state index contributed by atoms with van der Waals surface area (Å²) < 4.78 is 0. The van der Waals surface area contributed by atoms with Gasteiger partial charge in [-0.15, -0.1) is 5.10 Å². The molecule has 1 aromatic carbocycles. The molecule has 7 heteroatoms. The van der Waals surface area contributed by atoms with Crippen LogP contribution in [0.5, 0.6) is 0 Å². The predicted molar refractivity (Wildman–Crippen MR) is 94.2 cm³/mol. The van der Waals surface area contributed by atoms with Gasteiger partial charge >= 0.3 is 0 Å². The van der Waals surface area contributed by atoms with Crippen LogP contribution in [-0.4, -0.2) is 68.8 Å². The number of aromatic nitrogens is 4. The lowest BCUT2D eigenvalue weighted by atomic mass is 10.0. The van der Waals surface area contributed by atoms with Crippen molar-refractivity contribution in [3.8, 4) is 0 Å². The summed E-state index contributed by atoms with van der Waals surface area (Å²) in [6.45, 7) is 2.26. The number of piperazine rings is 1. The molecule has 0 radical (unpaired) electrons. The van der Waals surface area contributed by atoms with Crippen LogP contribution in [0.2, 0.25) is 0 Å². The average Bonchev–Trinajstić information content (AvgIpc) is 3.11. The standard InChI is InChI=1S/C18H20N6O/c1-23-9-10-24(12-14(23)11-13-5-3-2-4-6-13)18(25)16-8-7-15-17(19-16)21-22-20-15/h2-8,14H,9-12H2,1H3,(H,19,20,21,22)/t14-/m1/s1. The fourth-order valence-corrected chi connectivity index (χ4v) is 3.26. The van der Waals surface area contributed by atoms with Crippen molar-refractivity contribution in [3.63, 3.8) is 0 Å². The summed E-state index contributed by atoms with van der Waals surface area (Å²) in [5.74, 6) is -0.0453. The number of carbonyl (C=O) groups excluding carboxylic acids is 1. The van der Waals surface area contributed by atoms with Crippen LogP contribution in [0.3, 0.4) is 0 Å². The van der Waals surface area contributed by atoms with Crippen molar-refractivity contribution in [1.29, 1.82) is 0 Å². The Hall–Kier alpha value is -2.80. The lowest BCUT2D eigenvalue weighted by Crippen LogP contribution is -2.54. The molecule has 1 fully saturated rings. The predicted octanol–water partition coefficient (Wildman–Crippen LogP) is 1.35. The van der Waals surface area contributed by atoms with E-state index in [9.17, 15) is 4.79 Å². The highest BCUT2D eigenvalue weighted by Gasteiger charge is 2.28. The molecule has 0 spiro atoms. The molecule has 0 bridgehead atoms. The van der Waals surface area contributed by atoms with Crippen molar-refractivity contribution in [3.05, 3.63) is 53.7 Å². The van der Waals surface area contributed by atoms with E-state index < -0.39 is 0 Å². The molecule has 0 unspecified atom stereocenters. The summed E-state index contributed by atoms with van der Waals surface area (Å²) in [5, 5.41) is 10.5. The van der Waals surface area contributed by atoms with Crippen molar-refractivity contribution in [2.45, 2.75) is 12.5 Å². The van der Waals surface area contributed by atoms with Gasteiger partial charge in [-0.1, -0.05) is 30.3 Å². The summed E-state index contributed by atoms with van der Waals surface area (Å²) in [4.78, 5) is 21.4. The van der Waals surface area contributed by atoms with E-state index in [4.69, 9.17) is 0 Å². The first-order valence-electron chi connectivity index (χ1n) is 8.41. The van der Waals surface area contributed by atoms with Gasteiger partial charge in [-0.3, -0.25) is 9.69 Å². The Morgan fingerprint density at radius 1 is 1.16 bits per heavy atom. The summed E-state index contributed by atoms with van der Waals surface area (Å²) in [6, 6.07) is 14.2. The van der Waals surface area contributed by atoms with Gasteiger partial charge in [0.25, 0.3) is 5.91 Å². The number of benzene rings is 1. The van der Waals surface area contributed by atoms with Crippen molar-refractivity contribution in [2.24, 2.45) is 0 Å². The molecular formula is C18H20N6O. The number of likely N-dealkylation sites (N-methyl/N-ethyl adjacent to an activating group) is 1. The molecule has 3 aromatic rings. The van der Waals surface area contributed by atoms with Crippen LogP contribution in [0, 0.1) is 0 Å². The molecule has 7 nitrogen and oxygen atoms in total. The van der Waals surface area contributed by atoms with Crippen LogP contribution in [0.25, 0.3) is 11.2 Å². The zero-order valence-electron chi connectivity index (χ0n) is 14.1. The zero-order valence-corrected chi connectivity index (χ0v) is 14.1. The number of hydrogen-bond acceptors (Lipinski definition) is 5. The number of nitrogens with one attached hydrogen (secondary N) is 1. The third-order valence-electron chi connectivity index (χ3n) is 4.78. The van der Waals surface area contributed by atoms with Crippen molar-refractivity contribution >= 4 is 17.1 Å². The van der Waals surface area contributed by atoms with Crippen LogP contribution in [-0.2, 0) is 6.42 Å². The van der Waals surface area contributed by atoms with Crippen LogP contribution in [0.15, 0.2) is 42.5 Å².